The van der Waals surface area contributed by atoms with Crippen LogP contribution in [-0.4, -0.2) is 23.6 Å². The number of aryl methyl sites for hydroxylation is 1. The molecule has 2 bridgehead atoms. The number of ether oxygens (including phenoxy) is 1. The second-order valence-electron chi connectivity index (χ2n) is 8.34. The number of hydrogen-bond donors (Lipinski definition) is 0. The van der Waals surface area contributed by atoms with E-state index in [4.69, 9.17) is 0 Å². The van der Waals surface area contributed by atoms with Crippen LogP contribution in [0.25, 0.3) is 0 Å². The van der Waals surface area contributed by atoms with Gasteiger partial charge in [-0.2, -0.15) is 39.5 Å². The Balaban J connectivity index is 1.93. The molecule has 176 valence electrons. The Hall–Kier alpha value is -1.59. The zero-order valence-electron chi connectivity index (χ0n) is 16.0. The minimum absolute atomic E-state index is 0.201. The number of alkyl halides is 9. The summed E-state index contributed by atoms with van der Waals surface area (Å²) in [5.41, 5.74) is -8.19. The fraction of sp³-hybridized carbons (Fsp3) is 0.684. The van der Waals surface area contributed by atoms with Crippen molar-refractivity contribution in [2.45, 2.75) is 75.2 Å². The highest BCUT2D eigenvalue weighted by atomic mass is 19.4. The molecular weight excluding hydrogens is 453 g/mol. The van der Waals surface area contributed by atoms with Crippen molar-refractivity contribution in [1.29, 1.82) is 0 Å². The fourth-order valence-corrected chi connectivity index (χ4v) is 4.25. The molecule has 0 radical (unpaired) electrons. The van der Waals surface area contributed by atoms with E-state index in [1.54, 1.807) is 0 Å². The highest BCUT2D eigenvalue weighted by Crippen LogP contribution is 2.68. The Morgan fingerprint density at radius 2 is 1.39 bits per heavy atom. The van der Waals surface area contributed by atoms with E-state index >= 15 is 0 Å². The van der Waals surface area contributed by atoms with Gasteiger partial charge in [-0.05, 0) is 43.7 Å². The first kappa shape index (κ1) is 24.1. The third-order valence-electron chi connectivity index (χ3n) is 6.36. The number of halogens is 11. The second kappa shape index (κ2) is 6.95. The second-order valence-corrected chi connectivity index (χ2v) is 8.34. The van der Waals surface area contributed by atoms with Crippen LogP contribution in [0.1, 0.15) is 50.2 Å². The largest absolute Gasteiger partial charge is 0.389 e. The lowest BCUT2D eigenvalue weighted by atomic mass is 9.55. The molecule has 0 unspecified atom stereocenters. The standard InChI is InChI=1S/C19H17F11O/c1-14-6-8-15(9-7-14,19(29,30)18(14,27)28)31-17(25,26)11-3-2-10(12(20)13(11)21)4-5-16(22,23)24/h2-3H,4-9H2,1H3. The lowest BCUT2D eigenvalue weighted by Crippen LogP contribution is -2.73. The lowest BCUT2D eigenvalue weighted by Gasteiger charge is -2.59. The summed E-state index contributed by atoms with van der Waals surface area (Å²) in [5, 5.41) is 0. The number of hydrogen-bond acceptors (Lipinski definition) is 1. The van der Waals surface area contributed by atoms with E-state index in [2.05, 4.69) is 4.74 Å². The molecule has 4 rings (SSSR count). The molecule has 31 heavy (non-hydrogen) atoms. The molecule has 1 nitrogen and oxygen atoms in total. The van der Waals surface area contributed by atoms with Gasteiger partial charge in [0.2, 0.25) is 0 Å². The van der Waals surface area contributed by atoms with Crippen LogP contribution in [0.5, 0.6) is 0 Å². The highest BCUT2D eigenvalue weighted by molar-refractivity contribution is 5.29. The van der Waals surface area contributed by atoms with Gasteiger partial charge in [0.1, 0.15) is 5.60 Å². The summed E-state index contributed by atoms with van der Waals surface area (Å²) in [7, 11) is 0. The highest BCUT2D eigenvalue weighted by Gasteiger charge is 2.82. The minimum atomic E-state index is -5.02. The van der Waals surface area contributed by atoms with Gasteiger partial charge in [0.05, 0.1) is 5.56 Å². The molecule has 0 atom stereocenters. The Labute approximate surface area is 169 Å². The third kappa shape index (κ3) is 3.58. The van der Waals surface area contributed by atoms with Crippen LogP contribution in [0.3, 0.4) is 0 Å². The molecule has 0 saturated heterocycles. The molecule has 12 heteroatoms. The van der Waals surface area contributed by atoms with Crippen molar-refractivity contribution in [3.63, 3.8) is 0 Å². The number of fused-ring (bicyclic) bond motifs is 3. The maximum Gasteiger partial charge on any atom is 0.389 e. The first-order valence-corrected chi connectivity index (χ1v) is 9.27. The van der Waals surface area contributed by atoms with Crippen molar-refractivity contribution in [2.24, 2.45) is 5.41 Å². The average Bonchev–Trinajstić information content (AvgIpc) is 2.62. The normalized spacial score (nSPS) is 29.9. The maximum atomic E-state index is 14.6. The van der Waals surface area contributed by atoms with Gasteiger partial charge in [-0.25, -0.2) is 8.78 Å². The smallest absolute Gasteiger partial charge is 0.303 e. The predicted octanol–water partition coefficient (Wildman–Crippen LogP) is 7.13. The number of rotatable bonds is 5. The van der Waals surface area contributed by atoms with Crippen LogP contribution < -0.4 is 0 Å². The zero-order chi connectivity index (χ0) is 23.7. The third-order valence-corrected chi connectivity index (χ3v) is 6.36. The molecule has 0 heterocycles. The van der Waals surface area contributed by atoms with Gasteiger partial charge < -0.3 is 4.74 Å². The van der Waals surface area contributed by atoms with Crippen LogP contribution in [0, 0.1) is 17.0 Å². The first-order valence-electron chi connectivity index (χ1n) is 9.27. The zero-order valence-corrected chi connectivity index (χ0v) is 16.0. The van der Waals surface area contributed by atoms with Gasteiger partial charge in [0.15, 0.2) is 11.6 Å². The Morgan fingerprint density at radius 1 is 0.839 bits per heavy atom. The van der Waals surface area contributed by atoms with E-state index in [-0.39, 0.29) is 6.07 Å². The van der Waals surface area contributed by atoms with E-state index in [0.717, 1.165) is 6.92 Å². The molecule has 0 aliphatic heterocycles. The molecule has 3 aliphatic carbocycles. The van der Waals surface area contributed by atoms with Crippen LogP contribution >= 0.6 is 0 Å². The van der Waals surface area contributed by atoms with Crippen molar-refractivity contribution in [3.05, 3.63) is 34.9 Å². The lowest BCUT2D eigenvalue weighted by molar-refractivity contribution is -0.434. The Bertz CT molecular complexity index is 851. The van der Waals surface area contributed by atoms with Gasteiger partial charge in [-0.1, -0.05) is 13.0 Å². The van der Waals surface area contributed by atoms with Gasteiger partial charge >= 0.3 is 24.1 Å². The number of benzene rings is 1. The molecule has 1 aromatic carbocycles. The van der Waals surface area contributed by atoms with Gasteiger partial charge in [0.25, 0.3) is 0 Å². The van der Waals surface area contributed by atoms with Crippen LogP contribution in [-0.2, 0) is 17.3 Å². The van der Waals surface area contributed by atoms with E-state index in [9.17, 15) is 48.3 Å². The topological polar surface area (TPSA) is 9.23 Å². The Morgan fingerprint density at radius 3 is 1.90 bits per heavy atom. The quantitative estimate of drug-likeness (QED) is 0.416. The van der Waals surface area contributed by atoms with Gasteiger partial charge in [-0.3, -0.25) is 0 Å². The van der Waals surface area contributed by atoms with Crippen LogP contribution in [0.2, 0.25) is 0 Å². The van der Waals surface area contributed by atoms with Crippen LogP contribution in [0.4, 0.5) is 48.3 Å². The maximum absolute atomic E-state index is 14.6. The first-order chi connectivity index (χ1) is 13.9. The summed E-state index contributed by atoms with van der Waals surface area (Å²) in [5.74, 6) is -14.0. The van der Waals surface area contributed by atoms with E-state index in [0.29, 0.717) is 6.07 Å². The molecule has 0 N–H and O–H groups in total. The molecule has 3 aliphatic rings. The van der Waals surface area contributed by atoms with Gasteiger partial charge in [0, 0.05) is 11.8 Å². The molecule has 0 spiro atoms. The summed E-state index contributed by atoms with van der Waals surface area (Å²) < 4.78 is 156. The summed E-state index contributed by atoms with van der Waals surface area (Å²) in [6.07, 6.45) is -15.1. The van der Waals surface area contributed by atoms with Crippen molar-refractivity contribution in [3.8, 4) is 0 Å². The molecular formula is C19H17F11O. The van der Waals surface area contributed by atoms with E-state index in [1.807, 2.05) is 0 Å². The van der Waals surface area contributed by atoms with Crippen molar-refractivity contribution >= 4 is 0 Å². The minimum Gasteiger partial charge on any atom is -0.303 e. The van der Waals surface area contributed by atoms with Crippen molar-refractivity contribution < 1.29 is 53.0 Å². The molecule has 1 aromatic rings. The molecule has 3 fully saturated rings. The fourth-order valence-electron chi connectivity index (χ4n) is 4.25. The monoisotopic (exact) mass is 470 g/mol. The molecule has 0 amide bonds. The van der Waals surface area contributed by atoms with Crippen LogP contribution in [0.15, 0.2) is 12.1 Å². The summed E-state index contributed by atoms with van der Waals surface area (Å²) in [6, 6.07) is 0.646. The predicted molar refractivity (Wildman–Crippen MR) is 84.9 cm³/mol. The van der Waals surface area contributed by atoms with Gasteiger partial charge in [-0.15, -0.1) is 0 Å². The summed E-state index contributed by atoms with van der Waals surface area (Å²) in [6.45, 7) is 0.914. The van der Waals surface area contributed by atoms with E-state index in [1.165, 1.54) is 0 Å². The van der Waals surface area contributed by atoms with Crippen molar-refractivity contribution in [1.82, 2.24) is 0 Å². The Kier molecular flexibility index (Phi) is 5.40. The molecule has 0 aromatic heterocycles. The average molecular weight is 470 g/mol. The van der Waals surface area contributed by atoms with E-state index < -0.39 is 96.4 Å². The molecule has 3 saturated carbocycles. The SMILES string of the molecule is CC12CCC(OC(F)(F)c3ccc(CCC(F)(F)F)c(F)c3F)(CC1)C(F)(F)C2(F)F. The summed E-state index contributed by atoms with van der Waals surface area (Å²) >= 11 is 0. The van der Waals surface area contributed by atoms with Crippen molar-refractivity contribution in [2.75, 3.05) is 0 Å². The summed E-state index contributed by atoms with van der Waals surface area (Å²) in [4.78, 5) is 0.